The summed E-state index contributed by atoms with van der Waals surface area (Å²) < 4.78 is 7.26. The zero-order valence-electron chi connectivity index (χ0n) is 16.5. The third-order valence-corrected chi connectivity index (χ3v) is 6.40. The monoisotopic (exact) mass is 399 g/mol. The second kappa shape index (κ2) is 7.89. The van der Waals surface area contributed by atoms with Crippen LogP contribution in [-0.2, 0) is 33.0 Å². The molecule has 0 bridgehead atoms. The Balaban J connectivity index is 1.36. The van der Waals surface area contributed by atoms with Crippen LogP contribution < -0.4 is 5.32 Å². The highest BCUT2D eigenvalue weighted by molar-refractivity contribution is 7.10. The van der Waals surface area contributed by atoms with Crippen molar-refractivity contribution in [3.63, 3.8) is 0 Å². The molecule has 28 heavy (non-hydrogen) atoms. The molecule has 0 atom stereocenters. The van der Waals surface area contributed by atoms with Crippen LogP contribution in [-0.4, -0.2) is 38.6 Å². The zero-order chi connectivity index (χ0) is 19.7. The van der Waals surface area contributed by atoms with E-state index in [1.165, 1.54) is 16.0 Å². The average molecular weight is 400 g/mol. The summed E-state index contributed by atoms with van der Waals surface area (Å²) in [5.74, 6) is 1.88. The van der Waals surface area contributed by atoms with E-state index in [4.69, 9.17) is 4.52 Å². The maximum atomic E-state index is 12.7. The van der Waals surface area contributed by atoms with Crippen molar-refractivity contribution >= 4 is 17.2 Å². The van der Waals surface area contributed by atoms with Gasteiger partial charge in [-0.05, 0) is 25.8 Å². The van der Waals surface area contributed by atoms with Gasteiger partial charge in [-0.2, -0.15) is 0 Å². The van der Waals surface area contributed by atoms with Crippen molar-refractivity contribution in [1.29, 1.82) is 0 Å². The van der Waals surface area contributed by atoms with Crippen molar-refractivity contribution in [2.24, 2.45) is 7.05 Å². The normalized spacial score (nSPS) is 14.2. The van der Waals surface area contributed by atoms with Gasteiger partial charge in [0.1, 0.15) is 11.6 Å². The maximum absolute atomic E-state index is 12.7. The van der Waals surface area contributed by atoms with E-state index in [2.05, 4.69) is 20.4 Å². The Labute approximate surface area is 168 Å². The first-order valence-electron chi connectivity index (χ1n) is 9.50. The molecular weight excluding hydrogens is 374 g/mol. The molecule has 0 radical (unpaired) electrons. The predicted molar refractivity (Wildman–Crippen MR) is 107 cm³/mol. The van der Waals surface area contributed by atoms with Crippen LogP contribution in [0, 0.1) is 13.8 Å². The number of imidazole rings is 1. The predicted octanol–water partition coefficient (Wildman–Crippen LogP) is 2.62. The van der Waals surface area contributed by atoms with Crippen molar-refractivity contribution in [1.82, 2.24) is 24.9 Å². The molecule has 1 aliphatic rings. The number of nitrogens with one attached hydrogen (secondary N) is 1. The van der Waals surface area contributed by atoms with E-state index in [0.717, 1.165) is 55.3 Å². The van der Waals surface area contributed by atoms with E-state index >= 15 is 0 Å². The molecule has 0 unspecified atom stereocenters. The van der Waals surface area contributed by atoms with Gasteiger partial charge in [0.05, 0.1) is 11.3 Å². The Morgan fingerprint density at radius 2 is 2.25 bits per heavy atom. The number of thiophene rings is 1. The van der Waals surface area contributed by atoms with E-state index in [1.807, 2.05) is 37.0 Å². The summed E-state index contributed by atoms with van der Waals surface area (Å²) in [4.78, 5) is 20.6. The summed E-state index contributed by atoms with van der Waals surface area (Å²) in [5, 5.41) is 9.09. The topological polar surface area (TPSA) is 76.2 Å². The molecule has 0 aliphatic carbocycles. The van der Waals surface area contributed by atoms with Crippen LogP contribution in [0.5, 0.6) is 0 Å². The van der Waals surface area contributed by atoms with Gasteiger partial charge >= 0.3 is 0 Å². The minimum absolute atomic E-state index is 0.0193. The molecule has 0 aromatic carbocycles. The molecular formula is C20H25N5O2S. The lowest BCUT2D eigenvalue weighted by molar-refractivity contribution is 0.0952. The summed E-state index contributed by atoms with van der Waals surface area (Å²) >= 11 is 1.68. The second-order valence-electron chi connectivity index (χ2n) is 7.27. The number of hydrogen-bond donors (Lipinski definition) is 1. The highest BCUT2D eigenvalue weighted by Crippen LogP contribution is 2.30. The molecule has 1 N–H and O–H groups in total. The van der Waals surface area contributed by atoms with Crippen LogP contribution in [0.4, 0.5) is 0 Å². The summed E-state index contributed by atoms with van der Waals surface area (Å²) in [7, 11) is 1.97. The SMILES string of the molecule is Cc1noc(C)c1CN1CCc2c(C(=O)NCCc3nccn3C)csc2C1. The number of aryl methyl sites for hydroxylation is 3. The van der Waals surface area contributed by atoms with Gasteiger partial charge in [-0.1, -0.05) is 5.16 Å². The molecule has 1 aliphatic heterocycles. The zero-order valence-corrected chi connectivity index (χ0v) is 17.3. The van der Waals surface area contributed by atoms with Gasteiger partial charge in [-0.25, -0.2) is 4.98 Å². The van der Waals surface area contributed by atoms with E-state index in [1.54, 1.807) is 17.5 Å². The molecule has 8 heteroatoms. The third kappa shape index (κ3) is 3.74. The van der Waals surface area contributed by atoms with Crippen molar-refractivity contribution in [3.05, 3.63) is 56.6 Å². The Kier molecular flexibility index (Phi) is 5.32. The van der Waals surface area contributed by atoms with Crippen LogP contribution in [0.25, 0.3) is 0 Å². The fraction of sp³-hybridized carbons (Fsp3) is 0.450. The Morgan fingerprint density at radius 3 is 2.96 bits per heavy atom. The molecule has 0 saturated carbocycles. The quantitative estimate of drug-likeness (QED) is 0.690. The number of fused-ring (bicyclic) bond motifs is 1. The Hall–Kier alpha value is -2.45. The van der Waals surface area contributed by atoms with Gasteiger partial charge in [0, 0.05) is 67.9 Å². The maximum Gasteiger partial charge on any atom is 0.252 e. The van der Waals surface area contributed by atoms with Gasteiger partial charge in [0.2, 0.25) is 0 Å². The summed E-state index contributed by atoms with van der Waals surface area (Å²) in [6, 6.07) is 0. The van der Waals surface area contributed by atoms with E-state index in [0.29, 0.717) is 6.54 Å². The fourth-order valence-corrected chi connectivity index (χ4v) is 4.80. The number of aromatic nitrogens is 3. The van der Waals surface area contributed by atoms with Gasteiger partial charge < -0.3 is 14.4 Å². The number of carbonyl (C=O) groups is 1. The summed E-state index contributed by atoms with van der Waals surface area (Å²) in [6.45, 7) is 7.17. The highest BCUT2D eigenvalue weighted by atomic mass is 32.1. The van der Waals surface area contributed by atoms with Gasteiger partial charge in [0.15, 0.2) is 0 Å². The smallest absolute Gasteiger partial charge is 0.252 e. The minimum Gasteiger partial charge on any atom is -0.361 e. The molecule has 3 aromatic rings. The number of nitrogens with zero attached hydrogens (tertiary/aromatic N) is 4. The number of hydrogen-bond acceptors (Lipinski definition) is 6. The molecule has 0 spiro atoms. The van der Waals surface area contributed by atoms with Crippen molar-refractivity contribution in [2.75, 3.05) is 13.1 Å². The average Bonchev–Trinajstić information content (AvgIpc) is 3.37. The Bertz CT molecular complexity index is 967. The van der Waals surface area contributed by atoms with Crippen LogP contribution in [0.1, 0.15) is 43.6 Å². The van der Waals surface area contributed by atoms with Crippen molar-refractivity contribution in [2.45, 2.75) is 39.8 Å². The van der Waals surface area contributed by atoms with Crippen LogP contribution in [0.3, 0.4) is 0 Å². The molecule has 1 amide bonds. The van der Waals surface area contributed by atoms with Crippen LogP contribution in [0.15, 0.2) is 22.3 Å². The highest BCUT2D eigenvalue weighted by Gasteiger charge is 2.25. The van der Waals surface area contributed by atoms with E-state index in [-0.39, 0.29) is 5.91 Å². The molecule has 0 fully saturated rings. The molecule has 3 aromatic heterocycles. The first-order valence-corrected chi connectivity index (χ1v) is 10.4. The number of carbonyl (C=O) groups excluding carboxylic acids is 1. The van der Waals surface area contributed by atoms with E-state index in [9.17, 15) is 4.79 Å². The van der Waals surface area contributed by atoms with Gasteiger partial charge in [0.25, 0.3) is 5.91 Å². The lowest BCUT2D eigenvalue weighted by atomic mass is 10.0. The van der Waals surface area contributed by atoms with Gasteiger partial charge in [-0.15, -0.1) is 11.3 Å². The lowest BCUT2D eigenvalue weighted by Crippen LogP contribution is -2.32. The standard InChI is InChI=1S/C20H25N5O2S/c1-13-16(14(2)27-23-13)10-25-8-5-15-17(12-28-18(15)11-25)20(26)22-6-4-19-21-7-9-24(19)3/h7,9,12H,4-6,8,10-11H2,1-3H3,(H,22,26). The number of rotatable bonds is 6. The molecule has 7 nitrogen and oxygen atoms in total. The Morgan fingerprint density at radius 1 is 1.39 bits per heavy atom. The lowest BCUT2D eigenvalue weighted by Gasteiger charge is -2.27. The van der Waals surface area contributed by atoms with E-state index < -0.39 is 0 Å². The summed E-state index contributed by atoms with van der Waals surface area (Å²) in [6.07, 6.45) is 5.32. The summed E-state index contributed by atoms with van der Waals surface area (Å²) in [5.41, 5.74) is 4.17. The number of amides is 1. The molecule has 4 heterocycles. The first-order chi connectivity index (χ1) is 13.5. The van der Waals surface area contributed by atoms with Crippen LogP contribution >= 0.6 is 11.3 Å². The van der Waals surface area contributed by atoms with Crippen LogP contribution in [0.2, 0.25) is 0 Å². The first kappa shape index (κ1) is 18.9. The second-order valence-corrected chi connectivity index (χ2v) is 8.24. The third-order valence-electron chi connectivity index (χ3n) is 5.39. The molecule has 0 saturated heterocycles. The van der Waals surface area contributed by atoms with Crippen molar-refractivity contribution < 1.29 is 9.32 Å². The van der Waals surface area contributed by atoms with Crippen molar-refractivity contribution in [3.8, 4) is 0 Å². The largest absolute Gasteiger partial charge is 0.361 e. The fourth-order valence-electron chi connectivity index (χ4n) is 3.68. The molecule has 4 rings (SSSR count). The minimum atomic E-state index is 0.0193. The van der Waals surface area contributed by atoms with Gasteiger partial charge in [-0.3, -0.25) is 9.69 Å². The molecule has 148 valence electrons.